The van der Waals surface area contributed by atoms with Crippen LogP contribution in [0.15, 0.2) is 42.1 Å². The van der Waals surface area contributed by atoms with Crippen LogP contribution in [0.4, 0.5) is 4.39 Å². The molecule has 0 spiro atoms. The van der Waals surface area contributed by atoms with Crippen LogP contribution in [-0.2, 0) is 16.1 Å². The van der Waals surface area contributed by atoms with Gasteiger partial charge in [0.25, 0.3) is 0 Å². The van der Waals surface area contributed by atoms with E-state index >= 15 is 0 Å². The van der Waals surface area contributed by atoms with Gasteiger partial charge in [0.15, 0.2) is 11.0 Å². The second kappa shape index (κ2) is 6.31. The number of aromatic nitrogens is 3. The molecular weight excluding hydrogens is 305 g/mol. The largest absolute Gasteiger partial charge is 0.465 e. The van der Waals surface area contributed by atoms with Gasteiger partial charge in [0.2, 0.25) is 0 Å². The predicted octanol–water partition coefficient (Wildman–Crippen LogP) is 2.68. The number of hydrogen-bond acceptors (Lipinski definition) is 5. The van der Waals surface area contributed by atoms with Crippen LogP contribution in [0.5, 0.6) is 0 Å². The van der Waals surface area contributed by atoms with Gasteiger partial charge in [-0.25, -0.2) is 4.39 Å². The second-order valence-corrected chi connectivity index (χ2v) is 5.94. The summed E-state index contributed by atoms with van der Waals surface area (Å²) in [6.07, 6.45) is 2.39. The van der Waals surface area contributed by atoms with Gasteiger partial charge in [0, 0.05) is 18.5 Å². The number of thioether (sulfide) groups is 1. The highest BCUT2D eigenvalue weighted by Crippen LogP contribution is 2.31. The summed E-state index contributed by atoms with van der Waals surface area (Å²) in [5.41, 5.74) is 0.761. The molecule has 1 aliphatic heterocycles. The Bertz CT molecular complexity index is 699. The fourth-order valence-corrected chi connectivity index (χ4v) is 3.20. The van der Waals surface area contributed by atoms with Crippen LogP contribution in [0.2, 0.25) is 0 Å². The minimum atomic E-state index is -0.304. The van der Waals surface area contributed by atoms with Crippen molar-refractivity contribution in [2.45, 2.75) is 23.4 Å². The van der Waals surface area contributed by atoms with Gasteiger partial charge in [-0.15, -0.1) is 16.8 Å². The molecule has 1 saturated heterocycles. The first kappa shape index (κ1) is 14.8. The third kappa shape index (κ3) is 2.89. The lowest BCUT2D eigenvalue weighted by atomic mass is 10.2. The van der Waals surface area contributed by atoms with Gasteiger partial charge in [0.05, 0.1) is 6.61 Å². The topological polar surface area (TPSA) is 57.0 Å². The number of hydrogen-bond donors (Lipinski definition) is 0. The highest BCUT2D eigenvalue weighted by Gasteiger charge is 2.29. The highest BCUT2D eigenvalue weighted by molar-refractivity contribution is 8.00. The van der Waals surface area contributed by atoms with Crippen molar-refractivity contribution in [2.75, 3.05) is 6.61 Å². The van der Waals surface area contributed by atoms with Gasteiger partial charge in [-0.3, -0.25) is 9.36 Å². The number of ether oxygens (including phenoxy) is 1. The summed E-state index contributed by atoms with van der Waals surface area (Å²) in [4.78, 5) is 11.6. The monoisotopic (exact) mass is 319 g/mol. The molecule has 22 heavy (non-hydrogen) atoms. The number of carbonyl (C=O) groups excluding carboxylic acids is 1. The number of rotatable bonds is 5. The van der Waals surface area contributed by atoms with E-state index in [1.54, 1.807) is 18.2 Å². The number of halogens is 1. The zero-order chi connectivity index (χ0) is 15.5. The molecule has 0 aliphatic carbocycles. The summed E-state index contributed by atoms with van der Waals surface area (Å²) in [6.45, 7) is 4.68. The number of benzene rings is 1. The average Bonchev–Trinajstić information content (AvgIpc) is 3.09. The number of nitrogens with zero attached hydrogens (tertiary/aromatic N) is 3. The Balaban J connectivity index is 1.92. The number of cyclic esters (lactones) is 1. The van der Waals surface area contributed by atoms with Crippen molar-refractivity contribution >= 4 is 17.7 Å². The van der Waals surface area contributed by atoms with E-state index in [2.05, 4.69) is 16.8 Å². The first-order valence-corrected chi connectivity index (χ1v) is 7.70. The normalized spacial score (nSPS) is 17.5. The zero-order valence-corrected chi connectivity index (χ0v) is 12.6. The number of allylic oxidation sites excluding steroid dienone is 1. The lowest BCUT2D eigenvalue weighted by Gasteiger charge is -2.09. The van der Waals surface area contributed by atoms with Gasteiger partial charge in [-0.1, -0.05) is 17.8 Å². The van der Waals surface area contributed by atoms with Crippen molar-refractivity contribution in [3.05, 3.63) is 42.7 Å². The van der Waals surface area contributed by atoms with E-state index in [9.17, 15) is 9.18 Å². The fraction of sp³-hybridized carbons (Fsp3) is 0.267. The molecule has 7 heteroatoms. The maximum atomic E-state index is 13.1. The van der Waals surface area contributed by atoms with Crippen molar-refractivity contribution in [3.63, 3.8) is 0 Å². The molecule has 3 rings (SSSR count). The first-order chi connectivity index (χ1) is 10.7. The summed E-state index contributed by atoms with van der Waals surface area (Å²) >= 11 is 1.34. The Morgan fingerprint density at radius 2 is 2.18 bits per heavy atom. The second-order valence-electron chi connectivity index (χ2n) is 4.78. The van der Waals surface area contributed by atoms with E-state index in [1.807, 2.05) is 4.57 Å². The molecule has 114 valence electrons. The molecule has 1 aromatic heterocycles. The molecule has 0 amide bonds. The predicted molar refractivity (Wildman–Crippen MR) is 80.8 cm³/mol. The third-order valence-electron chi connectivity index (χ3n) is 3.27. The van der Waals surface area contributed by atoms with E-state index in [0.29, 0.717) is 30.6 Å². The Morgan fingerprint density at radius 3 is 2.82 bits per heavy atom. The van der Waals surface area contributed by atoms with Crippen molar-refractivity contribution in [1.82, 2.24) is 14.8 Å². The van der Waals surface area contributed by atoms with Crippen LogP contribution in [0.1, 0.15) is 6.42 Å². The molecule has 0 unspecified atom stereocenters. The number of carbonyl (C=O) groups is 1. The smallest absolute Gasteiger partial charge is 0.319 e. The van der Waals surface area contributed by atoms with E-state index in [0.717, 1.165) is 5.56 Å². The van der Waals surface area contributed by atoms with E-state index < -0.39 is 0 Å². The quantitative estimate of drug-likeness (QED) is 0.626. The van der Waals surface area contributed by atoms with E-state index in [4.69, 9.17) is 4.74 Å². The van der Waals surface area contributed by atoms with Crippen molar-refractivity contribution in [2.24, 2.45) is 0 Å². The van der Waals surface area contributed by atoms with Gasteiger partial charge in [-0.2, -0.15) is 0 Å². The molecule has 0 radical (unpaired) electrons. The zero-order valence-electron chi connectivity index (χ0n) is 11.7. The van der Waals surface area contributed by atoms with Crippen LogP contribution in [-0.4, -0.2) is 32.6 Å². The Hall–Kier alpha value is -2.15. The molecule has 0 saturated carbocycles. The fourth-order valence-electron chi connectivity index (χ4n) is 2.19. The molecular formula is C15H14FN3O2S. The Kier molecular flexibility index (Phi) is 4.24. The van der Waals surface area contributed by atoms with Crippen LogP contribution in [0, 0.1) is 5.82 Å². The van der Waals surface area contributed by atoms with Gasteiger partial charge < -0.3 is 4.74 Å². The van der Waals surface area contributed by atoms with Crippen molar-refractivity contribution < 1.29 is 13.9 Å². The van der Waals surface area contributed by atoms with Crippen molar-refractivity contribution in [3.8, 4) is 11.4 Å². The van der Waals surface area contributed by atoms with Crippen LogP contribution in [0.25, 0.3) is 11.4 Å². The van der Waals surface area contributed by atoms with Crippen LogP contribution < -0.4 is 0 Å². The highest BCUT2D eigenvalue weighted by atomic mass is 32.2. The van der Waals surface area contributed by atoms with E-state index in [1.165, 1.54) is 23.9 Å². The Labute approximate surface area is 131 Å². The molecule has 0 bridgehead atoms. The molecule has 1 fully saturated rings. The average molecular weight is 319 g/mol. The lowest BCUT2D eigenvalue weighted by Crippen LogP contribution is -2.11. The summed E-state index contributed by atoms with van der Waals surface area (Å²) in [7, 11) is 0. The van der Waals surface area contributed by atoms with Gasteiger partial charge in [0.1, 0.15) is 11.1 Å². The first-order valence-electron chi connectivity index (χ1n) is 6.82. The van der Waals surface area contributed by atoms with E-state index in [-0.39, 0.29) is 17.0 Å². The Morgan fingerprint density at radius 1 is 1.41 bits per heavy atom. The summed E-state index contributed by atoms with van der Waals surface area (Å²) in [6, 6.07) is 6.06. The molecule has 1 aromatic carbocycles. The minimum Gasteiger partial charge on any atom is -0.465 e. The molecule has 2 heterocycles. The molecule has 5 nitrogen and oxygen atoms in total. The molecule has 0 N–H and O–H groups in total. The van der Waals surface area contributed by atoms with Gasteiger partial charge in [-0.05, 0) is 24.3 Å². The molecule has 1 atom stereocenters. The SMILES string of the molecule is C=CCn1c(S[C@@H]2CCOC2=O)nnc1-c1ccc(F)cc1. The maximum Gasteiger partial charge on any atom is 0.319 e. The lowest BCUT2D eigenvalue weighted by molar-refractivity contribution is -0.137. The van der Waals surface area contributed by atoms with Crippen molar-refractivity contribution in [1.29, 1.82) is 0 Å². The molecule has 1 aliphatic rings. The van der Waals surface area contributed by atoms with Crippen LogP contribution >= 0.6 is 11.8 Å². The van der Waals surface area contributed by atoms with Gasteiger partial charge >= 0.3 is 5.97 Å². The summed E-state index contributed by atoms with van der Waals surface area (Å²) in [5.74, 6) is 0.0945. The number of esters is 1. The minimum absolute atomic E-state index is 0.221. The summed E-state index contributed by atoms with van der Waals surface area (Å²) < 4.78 is 19.9. The molecule has 2 aromatic rings. The third-order valence-corrected chi connectivity index (χ3v) is 4.49. The standard InChI is InChI=1S/C15H14FN3O2S/c1-2-8-19-13(10-3-5-11(16)6-4-10)17-18-15(19)22-12-7-9-21-14(12)20/h2-6,12H,1,7-9H2/t12-/m1/s1. The van der Waals surface area contributed by atoms with Crippen LogP contribution in [0.3, 0.4) is 0 Å². The maximum absolute atomic E-state index is 13.1. The summed E-state index contributed by atoms with van der Waals surface area (Å²) in [5, 5.41) is 8.70.